The highest BCUT2D eigenvalue weighted by molar-refractivity contribution is 6.35. The van der Waals surface area contributed by atoms with Crippen LogP contribution in [-0.2, 0) is 11.3 Å². The molecule has 10 nitrogen and oxygen atoms in total. The van der Waals surface area contributed by atoms with Gasteiger partial charge in [-0.1, -0.05) is 23.2 Å². The average Bonchev–Trinajstić information content (AvgIpc) is 3.12. The molecule has 154 valence electrons. The Bertz CT molecular complexity index is 1150. The summed E-state index contributed by atoms with van der Waals surface area (Å²) >= 11 is 11.9. The summed E-state index contributed by atoms with van der Waals surface area (Å²) in [5.74, 6) is -1.47. The van der Waals surface area contributed by atoms with E-state index in [1.165, 1.54) is 36.5 Å². The molecule has 2 aromatic carbocycles. The maximum absolute atomic E-state index is 12.2. The van der Waals surface area contributed by atoms with Gasteiger partial charge in [0.05, 0.1) is 33.5 Å². The standard InChI is InChI=1S/C18H12Cl2N4O6/c19-11-1-2-16(15(20)3-11)30-14-5-12(4-13(6-14)24(28)29)22-17(25)9-23-8-10(7-21-23)18(26)27/h1-8H,9H2,(H,22,25)(H,26,27). The molecule has 0 aliphatic heterocycles. The van der Waals surface area contributed by atoms with E-state index in [1.54, 1.807) is 0 Å². The molecule has 0 atom stereocenters. The van der Waals surface area contributed by atoms with E-state index in [0.717, 1.165) is 16.9 Å². The van der Waals surface area contributed by atoms with Gasteiger partial charge in [-0.2, -0.15) is 5.10 Å². The van der Waals surface area contributed by atoms with Gasteiger partial charge in [0.1, 0.15) is 18.0 Å². The van der Waals surface area contributed by atoms with Crippen molar-refractivity contribution in [1.29, 1.82) is 0 Å². The fourth-order valence-corrected chi connectivity index (χ4v) is 2.86. The number of carboxylic acid groups (broad SMARTS) is 1. The number of halogens is 2. The molecule has 2 N–H and O–H groups in total. The van der Waals surface area contributed by atoms with Crippen LogP contribution in [0.3, 0.4) is 0 Å². The monoisotopic (exact) mass is 450 g/mol. The van der Waals surface area contributed by atoms with Gasteiger partial charge >= 0.3 is 5.97 Å². The SMILES string of the molecule is O=C(Cn1cc(C(=O)O)cn1)Nc1cc(Oc2ccc(Cl)cc2Cl)cc([N+](=O)[O-])c1. The van der Waals surface area contributed by atoms with Crippen LogP contribution in [0.5, 0.6) is 11.5 Å². The number of carboxylic acids is 1. The number of hydrogen-bond donors (Lipinski definition) is 2. The molecule has 0 aliphatic carbocycles. The van der Waals surface area contributed by atoms with Crippen molar-refractivity contribution in [3.8, 4) is 11.5 Å². The number of ether oxygens (including phenoxy) is 1. The molecule has 0 saturated heterocycles. The van der Waals surface area contributed by atoms with Crippen LogP contribution in [0.15, 0.2) is 48.8 Å². The first-order valence-corrected chi connectivity index (χ1v) is 8.95. The maximum atomic E-state index is 12.2. The average molecular weight is 451 g/mol. The third kappa shape index (κ3) is 5.25. The summed E-state index contributed by atoms with van der Waals surface area (Å²) in [6, 6.07) is 8.19. The van der Waals surface area contributed by atoms with Crippen molar-refractivity contribution >= 4 is 46.5 Å². The molecular weight excluding hydrogens is 439 g/mol. The number of carbonyl (C=O) groups is 2. The predicted octanol–water partition coefficient (Wildman–Crippen LogP) is 4.23. The molecule has 0 bridgehead atoms. The first-order valence-electron chi connectivity index (χ1n) is 8.19. The van der Waals surface area contributed by atoms with Crippen molar-refractivity contribution in [3.05, 3.63) is 74.5 Å². The highest BCUT2D eigenvalue weighted by Gasteiger charge is 2.15. The smallest absolute Gasteiger partial charge is 0.338 e. The second-order valence-corrected chi connectivity index (χ2v) is 6.77. The zero-order valence-corrected chi connectivity index (χ0v) is 16.4. The fourth-order valence-electron chi connectivity index (χ4n) is 2.41. The van der Waals surface area contributed by atoms with Gasteiger partial charge in [-0.3, -0.25) is 19.6 Å². The van der Waals surface area contributed by atoms with E-state index in [0.29, 0.717) is 5.02 Å². The van der Waals surface area contributed by atoms with E-state index in [1.807, 2.05) is 0 Å². The second-order valence-electron chi connectivity index (χ2n) is 5.93. The molecule has 1 aromatic heterocycles. The first kappa shape index (κ1) is 21.1. The normalized spacial score (nSPS) is 10.5. The molecular formula is C18H12Cl2N4O6. The van der Waals surface area contributed by atoms with Crippen LogP contribution in [0.1, 0.15) is 10.4 Å². The molecule has 0 unspecified atom stereocenters. The maximum Gasteiger partial charge on any atom is 0.338 e. The van der Waals surface area contributed by atoms with Crippen LogP contribution in [0.2, 0.25) is 10.0 Å². The number of amides is 1. The minimum Gasteiger partial charge on any atom is -0.478 e. The number of rotatable bonds is 7. The summed E-state index contributed by atoms with van der Waals surface area (Å²) in [5.41, 5.74) is -0.297. The van der Waals surface area contributed by atoms with Crippen molar-refractivity contribution in [3.63, 3.8) is 0 Å². The minimum atomic E-state index is -1.18. The number of carbonyl (C=O) groups excluding carboxylic acids is 1. The number of benzene rings is 2. The third-order valence-corrected chi connectivity index (χ3v) is 4.22. The van der Waals surface area contributed by atoms with Crippen LogP contribution in [-0.4, -0.2) is 31.7 Å². The van der Waals surface area contributed by atoms with Gasteiger partial charge < -0.3 is 15.2 Å². The summed E-state index contributed by atoms with van der Waals surface area (Å²) in [6.45, 7) is -0.296. The Morgan fingerprint density at radius 1 is 1.23 bits per heavy atom. The van der Waals surface area contributed by atoms with E-state index in [2.05, 4.69) is 10.4 Å². The number of anilines is 1. The Morgan fingerprint density at radius 3 is 2.63 bits per heavy atom. The molecule has 0 radical (unpaired) electrons. The van der Waals surface area contributed by atoms with Crippen LogP contribution < -0.4 is 10.1 Å². The largest absolute Gasteiger partial charge is 0.478 e. The van der Waals surface area contributed by atoms with E-state index in [-0.39, 0.29) is 40.0 Å². The summed E-state index contributed by atoms with van der Waals surface area (Å²) in [6.07, 6.45) is 2.29. The lowest BCUT2D eigenvalue weighted by Gasteiger charge is -2.11. The minimum absolute atomic E-state index is 0.0657. The van der Waals surface area contributed by atoms with E-state index in [4.69, 9.17) is 33.0 Å². The van der Waals surface area contributed by atoms with Crippen LogP contribution >= 0.6 is 23.2 Å². The Labute approximate surface area is 178 Å². The van der Waals surface area contributed by atoms with Crippen LogP contribution in [0.4, 0.5) is 11.4 Å². The van der Waals surface area contributed by atoms with Gasteiger partial charge in [0, 0.05) is 23.4 Å². The summed E-state index contributed by atoms with van der Waals surface area (Å²) in [7, 11) is 0. The lowest BCUT2D eigenvalue weighted by molar-refractivity contribution is -0.384. The topological polar surface area (TPSA) is 137 Å². The van der Waals surface area contributed by atoms with Gasteiger partial charge in [0.15, 0.2) is 0 Å². The quantitative estimate of drug-likeness (QED) is 0.405. The molecule has 3 aromatic rings. The molecule has 0 spiro atoms. The van der Waals surface area contributed by atoms with Gasteiger partial charge in [0.25, 0.3) is 5.69 Å². The summed E-state index contributed by atoms with van der Waals surface area (Å²) < 4.78 is 6.72. The number of nitrogens with zero attached hydrogens (tertiary/aromatic N) is 3. The highest BCUT2D eigenvalue weighted by atomic mass is 35.5. The molecule has 1 heterocycles. The number of nitro benzene ring substituents is 1. The van der Waals surface area contributed by atoms with Gasteiger partial charge in [-0.05, 0) is 18.2 Å². The summed E-state index contributed by atoms with van der Waals surface area (Å²) in [4.78, 5) is 33.7. The zero-order chi connectivity index (χ0) is 21.8. The van der Waals surface area contributed by atoms with Crippen molar-refractivity contribution in [2.75, 3.05) is 5.32 Å². The summed E-state index contributed by atoms with van der Waals surface area (Å²) in [5, 5.41) is 27.0. The van der Waals surface area contributed by atoms with Crippen LogP contribution in [0.25, 0.3) is 0 Å². The van der Waals surface area contributed by atoms with Crippen molar-refractivity contribution in [2.45, 2.75) is 6.54 Å². The molecule has 30 heavy (non-hydrogen) atoms. The predicted molar refractivity (Wildman–Crippen MR) is 107 cm³/mol. The van der Waals surface area contributed by atoms with Gasteiger partial charge in [0.2, 0.25) is 5.91 Å². The molecule has 0 aliphatic rings. The number of nitro groups is 1. The van der Waals surface area contributed by atoms with Crippen molar-refractivity contribution < 1.29 is 24.4 Å². The molecule has 0 saturated carbocycles. The Hall–Kier alpha value is -3.63. The first-order chi connectivity index (χ1) is 14.2. The number of hydrogen-bond acceptors (Lipinski definition) is 6. The van der Waals surface area contributed by atoms with Gasteiger partial charge in [-0.15, -0.1) is 0 Å². The highest BCUT2D eigenvalue weighted by Crippen LogP contribution is 2.34. The number of non-ortho nitro benzene ring substituents is 1. The molecule has 1 amide bonds. The van der Waals surface area contributed by atoms with Crippen molar-refractivity contribution in [2.24, 2.45) is 0 Å². The van der Waals surface area contributed by atoms with E-state index >= 15 is 0 Å². The Morgan fingerprint density at radius 2 is 2.00 bits per heavy atom. The van der Waals surface area contributed by atoms with E-state index < -0.39 is 16.8 Å². The van der Waals surface area contributed by atoms with Gasteiger partial charge in [-0.25, -0.2) is 4.79 Å². The lowest BCUT2D eigenvalue weighted by Crippen LogP contribution is -2.19. The molecule has 0 fully saturated rings. The number of aromatic nitrogens is 2. The second kappa shape index (κ2) is 8.80. The number of nitrogens with one attached hydrogen (secondary N) is 1. The molecule has 12 heteroatoms. The van der Waals surface area contributed by atoms with Crippen molar-refractivity contribution in [1.82, 2.24) is 9.78 Å². The van der Waals surface area contributed by atoms with Crippen LogP contribution in [0, 0.1) is 10.1 Å². The molecule has 3 rings (SSSR count). The Kier molecular flexibility index (Phi) is 6.19. The number of aromatic carboxylic acids is 1. The van der Waals surface area contributed by atoms with E-state index in [9.17, 15) is 19.7 Å². The Balaban J connectivity index is 1.80. The zero-order valence-electron chi connectivity index (χ0n) is 14.9. The third-order valence-electron chi connectivity index (χ3n) is 3.69. The fraction of sp³-hybridized carbons (Fsp3) is 0.0556. The lowest BCUT2D eigenvalue weighted by atomic mass is 10.2.